The molecule has 0 radical (unpaired) electrons. The Morgan fingerprint density at radius 2 is 1.92 bits per heavy atom. The highest BCUT2D eigenvalue weighted by atomic mass is 16.5. The van der Waals surface area contributed by atoms with Crippen molar-refractivity contribution in [2.75, 3.05) is 26.2 Å². The summed E-state index contributed by atoms with van der Waals surface area (Å²) in [6, 6.07) is 6.39. The molecule has 1 aromatic rings. The number of fused-ring (bicyclic) bond motifs is 2. The zero-order valence-corrected chi connectivity index (χ0v) is 23.2. The van der Waals surface area contributed by atoms with Crippen molar-refractivity contribution in [3.05, 3.63) is 23.8 Å². The number of carbonyl (C=O) groups is 2. The molecule has 1 saturated carbocycles. The van der Waals surface area contributed by atoms with Crippen molar-refractivity contribution >= 4 is 23.5 Å². The number of piperidine rings is 1. The third-order valence-corrected chi connectivity index (χ3v) is 7.85. The minimum Gasteiger partial charge on any atom is -0.491 e. The molecule has 2 atom stereocenters. The summed E-state index contributed by atoms with van der Waals surface area (Å²) >= 11 is 0. The Balaban J connectivity index is 1.16. The maximum atomic E-state index is 12.6. The molecule has 9 nitrogen and oxygen atoms in total. The fourth-order valence-electron chi connectivity index (χ4n) is 5.82. The van der Waals surface area contributed by atoms with Crippen LogP contribution in [0.4, 0.5) is 5.69 Å². The lowest BCUT2D eigenvalue weighted by Crippen LogP contribution is -2.55. The first-order valence-corrected chi connectivity index (χ1v) is 14.6. The number of hydrogen-bond acceptors (Lipinski definition) is 7. The molecule has 3 aliphatic rings. The molecule has 1 aromatic carbocycles. The average molecular weight is 527 g/mol. The van der Waals surface area contributed by atoms with E-state index in [0.717, 1.165) is 43.0 Å². The van der Waals surface area contributed by atoms with Gasteiger partial charge in [0.25, 0.3) is 0 Å². The second-order valence-corrected chi connectivity index (χ2v) is 11.4. The molecule has 1 aliphatic carbocycles. The van der Waals surface area contributed by atoms with Crippen LogP contribution in [0.1, 0.15) is 83.6 Å². The molecule has 2 aliphatic heterocycles. The number of hydrazine groups is 1. The van der Waals surface area contributed by atoms with Crippen LogP contribution in [0.25, 0.3) is 0 Å². The minimum absolute atomic E-state index is 0.0597. The molecule has 2 unspecified atom stereocenters. The fraction of sp³-hybridized carbons (Fsp3) is 0.690. The molecule has 0 aromatic heterocycles. The number of carbonyl (C=O) groups excluding carboxylic acids is 2. The second kappa shape index (κ2) is 13.8. The number of nitrogens with one attached hydrogen (secondary N) is 2. The summed E-state index contributed by atoms with van der Waals surface area (Å²) in [6.07, 6.45) is 10.8. The van der Waals surface area contributed by atoms with Gasteiger partial charge in [0.15, 0.2) is 5.96 Å². The van der Waals surface area contributed by atoms with Gasteiger partial charge in [0.05, 0.1) is 13.2 Å². The summed E-state index contributed by atoms with van der Waals surface area (Å²) in [5, 5.41) is 5.16. The zero-order valence-electron chi connectivity index (χ0n) is 23.2. The molecule has 0 bridgehead atoms. The molecular weight excluding hydrogens is 480 g/mol. The van der Waals surface area contributed by atoms with E-state index >= 15 is 0 Å². The molecule has 210 valence electrons. The molecular formula is C29H46N6O3. The van der Waals surface area contributed by atoms with Crippen LogP contribution in [0, 0.1) is 11.8 Å². The Kier molecular flexibility index (Phi) is 10.3. The number of para-hydroxylation sites is 1. The summed E-state index contributed by atoms with van der Waals surface area (Å²) in [6.45, 7) is 7.01. The number of ether oxygens (including phenoxy) is 1. The molecule has 1 saturated heterocycles. The van der Waals surface area contributed by atoms with Gasteiger partial charge in [-0.1, -0.05) is 38.8 Å². The van der Waals surface area contributed by atoms with Gasteiger partial charge in [0.2, 0.25) is 11.8 Å². The maximum absolute atomic E-state index is 12.6. The number of unbranched alkanes of at least 4 members (excludes halogenated alkanes) is 2. The van der Waals surface area contributed by atoms with Crippen molar-refractivity contribution in [3.63, 3.8) is 0 Å². The number of rotatable bonds is 12. The third kappa shape index (κ3) is 7.85. The van der Waals surface area contributed by atoms with Gasteiger partial charge >= 0.3 is 0 Å². The summed E-state index contributed by atoms with van der Waals surface area (Å²) < 4.78 is 6.05. The van der Waals surface area contributed by atoms with Gasteiger partial charge in [-0.2, -0.15) is 0 Å². The summed E-state index contributed by atoms with van der Waals surface area (Å²) in [5.41, 5.74) is 11.1. The molecule has 9 heteroatoms. The second-order valence-electron chi connectivity index (χ2n) is 11.4. The molecule has 4 rings (SSSR count). The third-order valence-electron chi connectivity index (χ3n) is 7.85. The van der Waals surface area contributed by atoms with E-state index in [1.54, 1.807) is 4.90 Å². The van der Waals surface area contributed by atoms with Crippen LogP contribution >= 0.6 is 0 Å². The van der Waals surface area contributed by atoms with E-state index in [9.17, 15) is 9.59 Å². The average Bonchev–Trinajstić information content (AvgIpc) is 2.90. The van der Waals surface area contributed by atoms with Crippen molar-refractivity contribution in [3.8, 4) is 5.75 Å². The van der Waals surface area contributed by atoms with Gasteiger partial charge in [-0.25, -0.2) is 10.0 Å². The predicted octanol–water partition coefficient (Wildman–Crippen LogP) is 3.85. The van der Waals surface area contributed by atoms with Gasteiger partial charge in [0.1, 0.15) is 11.4 Å². The van der Waals surface area contributed by atoms with Gasteiger partial charge < -0.3 is 20.7 Å². The van der Waals surface area contributed by atoms with Crippen LogP contribution < -0.4 is 21.2 Å². The van der Waals surface area contributed by atoms with E-state index in [-0.39, 0.29) is 18.4 Å². The Bertz CT molecular complexity index is 979. The minimum atomic E-state index is -0.0597. The Hall–Kier alpha value is -2.81. The van der Waals surface area contributed by atoms with Crippen LogP contribution in [0.5, 0.6) is 5.75 Å². The quantitative estimate of drug-likeness (QED) is 0.357. The van der Waals surface area contributed by atoms with Crippen LogP contribution in [-0.2, 0) is 16.1 Å². The van der Waals surface area contributed by atoms with Gasteiger partial charge in [-0.3, -0.25) is 15.0 Å². The van der Waals surface area contributed by atoms with Crippen molar-refractivity contribution in [2.24, 2.45) is 22.6 Å². The summed E-state index contributed by atoms with van der Waals surface area (Å²) in [4.78, 5) is 31.1. The first kappa shape index (κ1) is 28.2. The highest BCUT2D eigenvalue weighted by molar-refractivity contribution is 5.89. The number of guanidine groups is 1. The number of nitrogens with zero attached hydrogens (tertiary/aromatic N) is 3. The predicted molar refractivity (Wildman–Crippen MR) is 150 cm³/mol. The van der Waals surface area contributed by atoms with Gasteiger partial charge in [-0.05, 0) is 62.8 Å². The van der Waals surface area contributed by atoms with E-state index in [2.05, 4.69) is 34.6 Å². The first-order valence-electron chi connectivity index (χ1n) is 14.6. The lowest BCUT2D eigenvalue weighted by molar-refractivity contribution is -0.129. The van der Waals surface area contributed by atoms with Crippen LogP contribution in [-0.4, -0.2) is 60.0 Å². The monoisotopic (exact) mass is 526 g/mol. The number of aliphatic imine (C=N–C) groups is 1. The van der Waals surface area contributed by atoms with Crippen LogP contribution in [0.2, 0.25) is 0 Å². The SMILES string of the molecule is CC(C)CNC(=O)CN1Cc2cccc(OCCCCCC(=O)NN3CCCC4CCCCC43)c2N=C1N. The van der Waals surface area contributed by atoms with Crippen molar-refractivity contribution < 1.29 is 14.3 Å². The molecule has 0 spiro atoms. The summed E-state index contributed by atoms with van der Waals surface area (Å²) in [5.74, 6) is 2.27. The smallest absolute Gasteiger partial charge is 0.239 e. The maximum Gasteiger partial charge on any atom is 0.239 e. The summed E-state index contributed by atoms with van der Waals surface area (Å²) in [7, 11) is 0. The molecule has 2 amide bonds. The van der Waals surface area contributed by atoms with E-state index < -0.39 is 0 Å². The Labute approximate surface area is 227 Å². The van der Waals surface area contributed by atoms with Crippen molar-refractivity contribution in [1.82, 2.24) is 20.7 Å². The zero-order chi connectivity index (χ0) is 26.9. The van der Waals surface area contributed by atoms with Crippen molar-refractivity contribution in [1.29, 1.82) is 0 Å². The van der Waals surface area contributed by atoms with Crippen LogP contribution in [0.15, 0.2) is 23.2 Å². The largest absolute Gasteiger partial charge is 0.491 e. The van der Waals surface area contributed by atoms with Gasteiger partial charge in [-0.15, -0.1) is 0 Å². The number of amides is 2. The molecule has 2 heterocycles. The lowest BCUT2D eigenvalue weighted by atomic mass is 9.79. The fourth-order valence-corrected chi connectivity index (χ4v) is 5.82. The Morgan fingerprint density at radius 3 is 2.76 bits per heavy atom. The normalized spacial score (nSPS) is 21.3. The number of benzene rings is 1. The van der Waals surface area contributed by atoms with Gasteiger partial charge in [0, 0.05) is 37.7 Å². The van der Waals surface area contributed by atoms with Crippen LogP contribution in [0.3, 0.4) is 0 Å². The highest BCUT2D eigenvalue weighted by Gasteiger charge is 2.33. The van der Waals surface area contributed by atoms with E-state index in [0.29, 0.717) is 49.8 Å². The Morgan fingerprint density at radius 1 is 1.11 bits per heavy atom. The molecule has 38 heavy (non-hydrogen) atoms. The van der Waals surface area contributed by atoms with E-state index in [1.807, 2.05) is 18.2 Å². The number of hydrogen-bond donors (Lipinski definition) is 3. The molecule has 4 N–H and O–H groups in total. The first-order chi connectivity index (χ1) is 18.4. The topological polar surface area (TPSA) is 112 Å². The standard InChI is InChI=1S/C29H46N6O3/c1-21(2)18-31-27(37)20-34-19-23-11-8-14-25(28(23)32-29(34)30)38-17-7-3-4-15-26(36)33-35-16-9-12-22-10-5-6-13-24(22)35/h8,11,14,21-22,24H,3-7,9-10,12-13,15-20H2,1-2H3,(H2,30,32)(H,31,37)(H,33,36). The van der Waals surface area contributed by atoms with E-state index in [4.69, 9.17) is 10.5 Å². The van der Waals surface area contributed by atoms with E-state index in [1.165, 1.54) is 38.5 Å². The molecule has 2 fully saturated rings. The highest BCUT2D eigenvalue weighted by Crippen LogP contribution is 2.36. The van der Waals surface area contributed by atoms with Crippen molar-refractivity contribution in [2.45, 2.75) is 90.6 Å². The number of nitrogens with two attached hydrogens (primary N) is 1. The lowest BCUT2D eigenvalue weighted by Gasteiger charge is -2.43.